The maximum Gasteiger partial charge on any atom is 0.0459 e. The van der Waals surface area contributed by atoms with E-state index in [-0.39, 0.29) is 0 Å². The van der Waals surface area contributed by atoms with Crippen LogP contribution in [0.1, 0.15) is 16.7 Å². The van der Waals surface area contributed by atoms with Gasteiger partial charge in [0.25, 0.3) is 0 Å². The maximum atomic E-state index is 3.33. The SMILES string of the molecule is C1=Cc2ccccc2C=C(c2ccccc2)N1. The number of hydrogen-bond acceptors (Lipinski definition) is 1. The summed E-state index contributed by atoms with van der Waals surface area (Å²) in [4.78, 5) is 0. The van der Waals surface area contributed by atoms with Crippen molar-refractivity contribution in [1.82, 2.24) is 5.32 Å². The lowest BCUT2D eigenvalue weighted by atomic mass is 10.1. The summed E-state index contributed by atoms with van der Waals surface area (Å²) >= 11 is 0. The van der Waals surface area contributed by atoms with Crippen LogP contribution in [0.5, 0.6) is 0 Å². The predicted octanol–water partition coefficient (Wildman–Crippen LogP) is 3.76. The van der Waals surface area contributed by atoms with Crippen molar-refractivity contribution in [2.75, 3.05) is 0 Å². The molecule has 1 heterocycles. The average Bonchev–Trinajstić information content (AvgIpc) is 2.62. The second-order valence-corrected chi connectivity index (χ2v) is 4.03. The highest BCUT2D eigenvalue weighted by atomic mass is 14.8. The lowest BCUT2D eigenvalue weighted by Gasteiger charge is -2.06. The van der Waals surface area contributed by atoms with Gasteiger partial charge >= 0.3 is 0 Å². The molecule has 1 aliphatic heterocycles. The molecule has 1 aliphatic rings. The second-order valence-electron chi connectivity index (χ2n) is 4.03. The molecule has 1 N–H and O–H groups in total. The third-order valence-electron chi connectivity index (χ3n) is 2.88. The van der Waals surface area contributed by atoms with Gasteiger partial charge in [-0.15, -0.1) is 0 Å². The number of fused-ring (bicyclic) bond motifs is 1. The van der Waals surface area contributed by atoms with E-state index in [1.165, 1.54) is 16.7 Å². The quantitative estimate of drug-likeness (QED) is 0.770. The third kappa shape index (κ3) is 2.00. The Kier molecular flexibility index (Phi) is 2.51. The summed E-state index contributed by atoms with van der Waals surface area (Å²) in [5, 5.41) is 3.33. The molecule has 0 radical (unpaired) electrons. The molecular weight excluding hydrogens is 206 g/mol. The van der Waals surface area contributed by atoms with Crippen molar-refractivity contribution in [3.8, 4) is 0 Å². The lowest BCUT2D eigenvalue weighted by Crippen LogP contribution is -2.01. The van der Waals surface area contributed by atoms with Gasteiger partial charge in [0.1, 0.15) is 0 Å². The van der Waals surface area contributed by atoms with E-state index in [1.54, 1.807) is 0 Å². The molecule has 1 heteroatoms. The molecule has 0 atom stereocenters. The number of hydrogen-bond donors (Lipinski definition) is 1. The fourth-order valence-electron chi connectivity index (χ4n) is 2.00. The first kappa shape index (κ1) is 9.91. The van der Waals surface area contributed by atoms with Gasteiger partial charge in [0.05, 0.1) is 0 Å². The van der Waals surface area contributed by atoms with Crippen LogP contribution in [-0.4, -0.2) is 0 Å². The van der Waals surface area contributed by atoms with Crippen molar-refractivity contribution in [3.05, 3.63) is 77.5 Å². The first-order valence-corrected chi connectivity index (χ1v) is 5.73. The minimum atomic E-state index is 1.13. The molecule has 3 rings (SSSR count). The Bertz CT molecular complexity index is 579. The Labute approximate surface area is 101 Å². The highest BCUT2D eigenvalue weighted by Crippen LogP contribution is 2.21. The van der Waals surface area contributed by atoms with E-state index < -0.39 is 0 Å². The number of benzene rings is 2. The van der Waals surface area contributed by atoms with E-state index in [2.05, 4.69) is 66.0 Å². The fraction of sp³-hybridized carbons (Fsp3) is 0. The largest absolute Gasteiger partial charge is 0.361 e. The summed E-state index contributed by atoms with van der Waals surface area (Å²) in [7, 11) is 0. The molecule has 0 bridgehead atoms. The van der Waals surface area contributed by atoms with E-state index in [0.717, 1.165) is 5.70 Å². The van der Waals surface area contributed by atoms with Crippen molar-refractivity contribution in [1.29, 1.82) is 0 Å². The predicted molar refractivity (Wildman–Crippen MR) is 72.9 cm³/mol. The zero-order valence-corrected chi connectivity index (χ0v) is 9.43. The van der Waals surface area contributed by atoms with Crippen molar-refractivity contribution in [2.45, 2.75) is 0 Å². The fourth-order valence-corrected chi connectivity index (χ4v) is 2.00. The zero-order valence-electron chi connectivity index (χ0n) is 9.43. The van der Waals surface area contributed by atoms with Crippen LogP contribution in [-0.2, 0) is 0 Å². The standard InChI is InChI=1S/C16H13N/c1-2-7-14(8-3-1)16-12-15-9-5-4-6-13(15)10-11-17-16/h1-12,17H. The van der Waals surface area contributed by atoms with E-state index >= 15 is 0 Å². The smallest absolute Gasteiger partial charge is 0.0459 e. The van der Waals surface area contributed by atoms with Crippen LogP contribution in [0.3, 0.4) is 0 Å². The minimum Gasteiger partial charge on any atom is -0.361 e. The van der Waals surface area contributed by atoms with Crippen LogP contribution in [0.2, 0.25) is 0 Å². The lowest BCUT2D eigenvalue weighted by molar-refractivity contribution is 1.24. The molecule has 0 aromatic heterocycles. The summed E-state index contributed by atoms with van der Waals surface area (Å²) in [6.45, 7) is 0. The zero-order chi connectivity index (χ0) is 11.5. The van der Waals surface area contributed by atoms with Gasteiger partial charge in [0.2, 0.25) is 0 Å². The van der Waals surface area contributed by atoms with E-state index in [4.69, 9.17) is 0 Å². The first-order valence-electron chi connectivity index (χ1n) is 5.73. The maximum absolute atomic E-state index is 3.33. The van der Waals surface area contributed by atoms with Crippen molar-refractivity contribution in [2.24, 2.45) is 0 Å². The molecule has 0 aliphatic carbocycles. The van der Waals surface area contributed by atoms with Crippen molar-refractivity contribution in [3.63, 3.8) is 0 Å². The molecule has 1 nitrogen and oxygen atoms in total. The van der Waals surface area contributed by atoms with Gasteiger partial charge in [-0.2, -0.15) is 0 Å². The van der Waals surface area contributed by atoms with Gasteiger partial charge < -0.3 is 5.32 Å². The molecule has 0 unspecified atom stereocenters. The summed E-state index contributed by atoms with van der Waals surface area (Å²) in [6.07, 6.45) is 6.27. The third-order valence-corrected chi connectivity index (χ3v) is 2.88. The van der Waals surface area contributed by atoms with Crippen molar-refractivity contribution < 1.29 is 0 Å². The molecule has 2 aromatic carbocycles. The van der Waals surface area contributed by atoms with Gasteiger partial charge in [-0.3, -0.25) is 0 Å². The molecular formula is C16H13N. The number of nitrogens with one attached hydrogen (secondary N) is 1. The van der Waals surface area contributed by atoms with Crippen LogP contribution >= 0.6 is 0 Å². The van der Waals surface area contributed by atoms with Crippen LogP contribution in [0.25, 0.3) is 17.8 Å². The topological polar surface area (TPSA) is 12.0 Å². The summed E-state index contributed by atoms with van der Waals surface area (Å²) in [5.74, 6) is 0. The first-order chi connectivity index (χ1) is 8.43. The normalized spacial score (nSPS) is 13.3. The van der Waals surface area contributed by atoms with Crippen LogP contribution in [0.4, 0.5) is 0 Å². The molecule has 0 saturated heterocycles. The molecule has 2 aromatic rings. The molecule has 0 fully saturated rings. The van der Waals surface area contributed by atoms with Crippen molar-refractivity contribution >= 4 is 17.8 Å². The Morgan fingerprint density at radius 1 is 0.706 bits per heavy atom. The molecule has 82 valence electrons. The van der Waals surface area contributed by atoms with Gasteiger partial charge in [-0.25, -0.2) is 0 Å². The number of rotatable bonds is 1. The summed E-state index contributed by atoms with van der Waals surface area (Å²) in [5.41, 5.74) is 4.82. The highest BCUT2D eigenvalue weighted by molar-refractivity contribution is 5.85. The van der Waals surface area contributed by atoms with Gasteiger partial charge in [0, 0.05) is 11.9 Å². The highest BCUT2D eigenvalue weighted by Gasteiger charge is 2.04. The second kappa shape index (κ2) is 4.30. The van der Waals surface area contributed by atoms with Crippen LogP contribution in [0.15, 0.2) is 60.8 Å². The van der Waals surface area contributed by atoms with Gasteiger partial charge in [-0.1, -0.05) is 54.6 Å². The monoisotopic (exact) mass is 219 g/mol. The Balaban J connectivity index is 2.10. The summed E-state index contributed by atoms with van der Waals surface area (Å²) < 4.78 is 0. The Hall–Kier alpha value is -2.28. The van der Waals surface area contributed by atoms with Gasteiger partial charge in [0.15, 0.2) is 0 Å². The average molecular weight is 219 g/mol. The Morgan fingerprint density at radius 3 is 2.24 bits per heavy atom. The molecule has 0 amide bonds. The molecule has 0 spiro atoms. The van der Waals surface area contributed by atoms with Crippen LogP contribution < -0.4 is 5.32 Å². The Morgan fingerprint density at radius 2 is 1.41 bits per heavy atom. The molecule has 0 saturated carbocycles. The molecule has 17 heavy (non-hydrogen) atoms. The minimum absolute atomic E-state index is 1.13. The van der Waals surface area contributed by atoms with E-state index in [0.29, 0.717) is 0 Å². The van der Waals surface area contributed by atoms with E-state index in [9.17, 15) is 0 Å². The van der Waals surface area contributed by atoms with Crippen LogP contribution in [0, 0.1) is 0 Å². The van der Waals surface area contributed by atoms with Gasteiger partial charge in [-0.05, 0) is 28.8 Å². The van der Waals surface area contributed by atoms with E-state index in [1.807, 2.05) is 12.3 Å². The summed E-state index contributed by atoms with van der Waals surface area (Å²) in [6, 6.07) is 18.7.